The summed E-state index contributed by atoms with van der Waals surface area (Å²) in [6.07, 6.45) is -0.202. The minimum atomic E-state index is -0.695. The van der Waals surface area contributed by atoms with Crippen LogP contribution in [0, 0.1) is 0 Å². The van der Waals surface area contributed by atoms with Crippen LogP contribution in [0.4, 0.5) is 5.69 Å². The first-order valence-corrected chi connectivity index (χ1v) is 8.85. The van der Waals surface area contributed by atoms with Gasteiger partial charge in [-0.25, -0.2) is 10.0 Å². The highest BCUT2D eigenvalue weighted by molar-refractivity contribution is 6.39. The van der Waals surface area contributed by atoms with Crippen LogP contribution < -0.4 is 15.8 Å². The Balaban J connectivity index is 1.55. The molecule has 4 rings (SSSR count). The molecule has 2 aliphatic rings. The van der Waals surface area contributed by atoms with E-state index in [1.807, 2.05) is 42.5 Å². The van der Waals surface area contributed by atoms with Crippen molar-refractivity contribution in [3.8, 4) is 0 Å². The number of amidine groups is 1. The number of rotatable bonds is 3. The second kappa shape index (κ2) is 6.85. The van der Waals surface area contributed by atoms with Crippen LogP contribution in [0.3, 0.4) is 0 Å². The van der Waals surface area contributed by atoms with Gasteiger partial charge in [0, 0.05) is 6.42 Å². The molecule has 0 radical (unpaired) electrons. The summed E-state index contributed by atoms with van der Waals surface area (Å²) < 4.78 is 0. The highest BCUT2D eigenvalue weighted by Gasteiger charge is 2.35. The lowest BCUT2D eigenvalue weighted by molar-refractivity contribution is -0.120. The molecule has 0 spiro atoms. The molecule has 27 heavy (non-hydrogen) atoms. The van der Waals surface area contributed by atoms with Gasteiger partial charge in [0.25, 0.3) is 11.8 Å². The number of carbonyl (C=O) groups is 2. The van der Waals surface area contributed by atoms with Gasteiger partial charge in [0.2, 0.25) is 5.84 Å². The average Bonchev–Trinajstić information content (AvgIpc) is 3.00. The van der Waals surface area contributed by atoms with Crippen LogP contribution in [0.25, 0.3) is 0 Å². The molecule has 138 valence electrons. The highest BCUT2D eigenvalue weighted by Crippen LogP contribution is 2.31. The number of fused-ring (bicyclic) bond motifs is 1. The third-order valence-electron chi connectivity index (χ3n) is 4.84. The third-order valence-corrected chi connectivity index (χ3v) is 4.84. The SMILES string of the molecule is CC1N=C(C(=O)NC2c3ccccc3CC2O)NN(c2ccccc2)C1=O. The van der Waals surface area contributed by atoms with Gasteiger partial charge in [-0.05, 0) is 30.2 Å². The lowest BCUT2D eigenvalue weighted by Gasteiger charge is -2.31. The summed E-state index contributed by atoms with van der Waals surface area (Å²) in [5, 5.41) is 14.5. The summed E-state index contributed by atoms with van der Waals surface area (Å²) in [4.78, 5) is 29.4. The topological polar surface area (TPSA) is 94.0 Å². The molecule has 2 aromatic rings. The van der Waals surface area contributed by atoms with Gasteiger partial charge < -0.3 is 10.4 Å². The molecule has 7 nitrogen and oxygen atoms in total. The highest BCUT2D eigenvalue weighted by atomic mass is 16.3. The number of aliphatic imine (C=N–C) groups is 1. The number of anilines is 1. The first-order chi connectivity index (χ1) is 13.0. The molecule has 0 fully saturated rings. The Hall–Kier alpha value is -3.19. The van der Waals surface area contributed by atoms with E-state index < -0.39 is 24.1 Å². The Labute approximate surface area is 156 Å². The molecule has 1 aliphatic heterocycles. The van der Waals surface area contributed by atoms with Crippen molar-refractivity contribution in [3.05, 3.63) is 65.7 Å². The van der Waals surface area contributed by atoms with Crippen molar-refractivity contribution in [1.29, 1.82) is 0 Å². The number of benzene rings is 2. The molecule has 2 aromatic carbocycles. The van der Waals surface area contributed by atoms with Crippen LogP contribution in [0.15, 0.2) is 59.6 Å². The Morgan fingerprint density at radius 2 is 1.89 bits per heavy atom. The van der Waals surface area contributed by atoms with Crippen LogP contribution >= 0.6 is 0 Å². The lowest BCUT2D eigenvalue weighted by atomic mass is 10.1. The minimum absolute atomic E-state index is 0.0440. The van der Waals surface area contributed by atoms with E-state index in [1.165, 1.54) is 5.01 Å². The predicted molar refractivity (Wildman–Crippen MR) is 101 cm³/mol. The van der Waals surface area contributed by atoms with Gasteiger partial charge in [0.1, 0.15) is 6.04 Å². The smallest absolute Gasteiger partial charge is 0.288 e. The molecule has 1 heterocycles. The zero-order valence-electron chi connectivity index (χ0n) is 14.8. The van der Waals surface area contributed by atoms with Crippen LogP contribution in [0.5, 0.6) is 0 Å². The molecule has 3 N–H and O–H groups in total. The van der Waals surface area contributed by atoms with Crippen molar-refractivity contribution < 1.29 is 14.7 Å². The van der Waals surface area contributed by atoms with Gasteiger partial charge in [-0.1, -0.05) is 42.5 Å². The Morgan fingerprint density at radius 3 is 2.67 bits per heavy atom. The summed E-state index contributed by atoms with van der Waals surface area (Å²) in [6.45, 7) is 1.64. The van der Waals surface area contributed by atoms with E-state index in [9.17, 15) is 14.7 Å². The summed E-state index contributed by atoms with van der Waals surface area (Å²) in [5.74, 6) is -0.664. The molecule has 0 saturated carbocycles. The van der Waals surface area contributed by atoms with Gasteiger partial charge in [-0.3, -0.25) is 15.0 Å². The molecular weight excluding hydrogens is 344 g/mol. The molecule has 1 aliphatic carbocycles. The van der Waals surface area contributed by atoms with Crippen LogP contribution in [0.1, 0.15) is 24.1 Å². The van der Waals surface area contributed by atoms with Gasteiger partial charge in [-0.2, -0.15) is 0 Å². The van der Waals surface area contributed by atoms with E-state index in [1.54, 1.807) is 19.1 Å². The number of hydrogen-bond acceptors (Lipinski definition) is 5. The second-order valence-corrected chi connectivity index (χ2v) is 6.70. The monoisotopic (exact) mass is 364 g/mol. The number of carbonyl (C=O) groups excluding carboxylic acids is 2. The Bertz CT molecular complexity index is 912. The van der Waals surface area contributed by atoms with Crippen molar-refractivity contribution in [2.45, 2.75) is 31.5 Å². The largest absolute Gasteiger partial charge is 0.390 e. The molecule has 0 aromatic heterocycles. The summed E-state index contributed by atoms with van der Waals surface area (Å²) in [6, 6.07) is 15.5. The maximum atomic E-state index is 12.8. The molecular formula is C20H20N4O3. The zero-order valence-corrected chi connectivity index (χ0v) is 14.8. The number of aliphatic hydroxyl groups is 1. The zero-order chi connectivity index (χ0) is 19.0. The van der Waals surface area contributed by atoms with Gasteiger partial charge in [-0.15, -0.1) is 0 Å². The van der Waals surface area contributed by atoms with E-state index >= 15 is 0 Å². The fourth-order valence-electron chi connectivity index (χ4n) is 3.46. The number of para-hydroxylation sites is 1. The van der Waals surface area contributed by atoms with E-state index in [-0.39, 0.29) is 11.7 Å². The van der Waals surface area contributed by atoms with Crippen molar-refractivity contribution in [2.24, 2.45) is 4.99 Å². The van der Waals surface area contributed by atoms with E-state index in [2.05, 4.69) is 15.7 Å². The predicted octanol–water partition coefficient (Wildman–Crippen LogP) is 1.10. The van der Waals surface area contributed by atoms with Crippen LogP contribution in [-0.2, 0) is 16.0 Å². The standard InChI is InChI=1S/C20H20N4O3/c1-12-20(27)24(14-8-3-2-4-9-14)23-18(21-12)19(26)22-17-15-10-6-5-7-13(15)11-16(17)25/h2-10,12,16-17,25H,11H2,1H3,(H,21,23)(H,22,26). The van der Waals surface area contributed by atoms with Crippen molar-refractivity contribution in [2.75, 3.05) is 5.01 Å². The fourth-order valence-corrected chi connectivity index (χ4v) is 3.46. The quantitative estimate of drug-likeness (QED) is 0.760. The van der Waals surface area contributed by atoms with Gasteiger partial charge in [0.05, 0.1) is 17.8 Å². The number of nitrogens with zero attached hydrogens (tertiary/aromatic N) is 2. The number of amides is 2. The first kappa shape index (κ1) is 17.2. The second-order valence-electron chi connectivity index (χ2n) is 6.70. The minimum Gasteiger partial charge on any atom is -0.390 e. The van der Waals surface area contributed by atoms with E-state index in [0.717, 1.165) is 11.1 Å². The number of aliphatic hydroxyl groups excluding tert-OH is 1. The van der Waals surface area contributed by atoms with Gasteiger partial charge >= 0.3 is 0 Å². The fraction of sp³-hybridized carbons (Fsp3) is 0.250. The number of hydrazine groups is 1. The summed E-state index contributed by atoms with van der Waals surface area (Å²) >= 11 is 0. The molecule has 7 heteroatoms. The third kappa shape index (κ3) is 3.17. The lowest BCUT2D eigenvalue weighted by Crippen LogP contribution is -2.58. The van der Waals surface area contributed by atoms with Crippen LogP contribution in [0.2, 0.25) is 0 Å². The van der Waals surface area contributed by atoms with E-state index in [4.69, 9.17) is 0 Å². The summed E-state index contributed by atoms with van der Waals surface area (Å²) in [5.41, 5.74) is 5.35. The van der Waals surface area contributed by atoms with E-state index in [0.29, 0.717) is 12.1 Å². The molecule has 2 amide bonds. The molecule has 3 unspecified atom stereocenters. The maximum absolute atomic E-state index is 12.8. The molecule has 0 bridgehead atoms. The van der Waals surface area contributed by atoms with Crippen molar-refractivity contribution in [1.82, 2.24) is 10.7 Å². The maximum Gasteiger partial charge on any atom is 0.288 e. The van der Waals surface area contributed by atoms with Gasteiger partial charge in [0.15, 0.2) is 0 Å². The molecule has 0 saturated heterocycles. The van der Waals surface area contributed by atoms with Crippen molar-refractivity contribution >= 4 is 23.3 Å². The number of hydrogen-bond donors (Lipinski definition) is 3. The number of nitrogens with one attached hydrogen (secondary N) is 2. The van der Waals surface area contributed by atoms with Crippen LogP contribution in [-0.4, -0.2) is 34.9 Å². The Morgan fingerprint density at radius 1 is 1.19 bits per heavy atom. The average molecular weight is 364 g/mol. The normalized spacial score (nSPS) is 24.1. The summed E-state index contributed by atoms with van der Waals surface area (Å²) in [7, 11) is 0. The molecule has 3 atom stereocenters. The van der Waals surface area contributed by atoms with Crippen molar-refractivity contribution in [3.63, 3.8) is 0 Å². The first-order valence-electron chi connectivity index (χ1n) is 8.85. The Kier molecular flexibility index (Phi) is 4.37.